The van der Waals surface area contributed by atoms with E-state index < -0.39 is 10.8 Å². The first-order valence-electron chi connectivity index (χ1n) is 5.57. The second-order valence-corrected chi connectivity index (χ2v) is 4.69. The van der Waals surface area contributed by atoms with Crippen molar-refractivity contribution in [1.29, 1.82) is 0 Å². The van der Waals surface area contributed by atoms with Gasteiger partial charge in [0.2, 0.25) is 0 Å². The minimum absolute atomic E-state index is 0.00982. The van der Waals surface area contributed by atoms with Crippen molar-refractivity contribution in [2.75, 3.05) is 0 Å². The van der Waals surface area contributed by atoms with Crippen LogP contribution >= 0.6 is 11.3 Å². The van der Waals surface area contributed by atoms with Gasteiger partial charge in [0.15, 0.2) is 0 Å². The van der Waals surface area contributed by atoms with E-state index >= 15 is 0 Å². The number of nitro groups is 1. The van der Waals surface area contributed by atoms with Gasteiger partial charge >= 0.3 is 0 Å². The zero-order valence-corrected chi connectivity index (χ0v) is 11.3. The van der Waals surface area contributed by atoms with Gasteiger partial charge in [0.1, 0.15) is 5.69 Å². The molecule has 0 bridgehead atoms. The highest BCUT2D eigenvalue weighted by atomic mass is 32.1. The topological polar surface area (TPSA) is 97.5 Å². The SMILES string of the molecule is C/C(=N/NC(=O)c1ccccn1)c1cc([N+](=O)[O-])cs1. The summed E-state index contributed by atoms with van der Waals surface area (Å²) in [6.07, 6.45) is 1.51. The summed E-state index contributed by atoms with van der Waals surface area (Å²) in [6, 6.07) is 6.38. The van der Waals surface area contributed by atoms with Crippen LogP contribution in [0, 0.1) is 10.1 Å². The molecule has 2 heterocycles. The summed E-state index contributed by atoms with van der Waals surface area (Å²) < 4.78 is 0. The van der Waals surface area contributed by atoms with Gasteiger partial charge in [-0.2, -0.15) is 5.10 Å². The van der Waals surface area contributed by atoms with Crippen LogP contribution < -0.4 is 5.43 Å². The van der Waals surface area contributed by atoms with Gasteiger partial charge < -0.3 is 0 Å². The summed E-state index contributed by atoms with van der Waals surface area (Å²) in [5, 5.41) is 15.9. The van der Waals surface area contributed by atoms with Crippen LogP contribution in [0.1, 0.15) is 22.3 Å². The molecule has 0 aliphatic rings. The maximum absolute atomic E-state index is 11.7. The summed E-state index contributed by atoms with van der Waals surface area (Å²) in [4.78, 5) is 26.3. The number of pyridine rings is 1. The van der Waals surface area contributed by atoms with E-state index in [9.17, 15) is 14.9 Å². The first-order valence-corrected chi connectivity index (χ1v) is 6.45. The van der Waals surface area contributed by atoms with Gasteiger partial charge in [-0.3, -0.25) is 19.9 Å². The second-order valence-electron chi connectivity index (χ2n) is 3.78. The molecule has 8 heteroatoms. The van der Waals surface area contributed by atoms with E-state index in [2.05, 4.69) is 15.5 Å². The van der Waals surface area contributed by atoms with Crippen molar-refractivity contribution in [3.05, 3.63) is 56.5 Å². The molecule has 0 aliphatic carbocycles. The molecule has 2 aromatic rings. The van der Waals surface area contributed by atoms with Crippen LogP contribution in [-0.4, -0.2) is 21.5 Å². The van der Waals surface area contributed by atoms with E-state index in [-0.39, 0.29) is 11.4 Å². The fourth-order valence-corrected chi connectivity index (χ4v) is 2.16. The molecule has 0 saturated carbocycles. The maximum Gasteiger partial charge on any atom is 0.289 e. The van der Waals surface area contributed by atoms with Gasteiger partial charge in [0, 0.05) is 12.3 Å². The quantitative estimate of drug-likeness (QED) is 0.530. The summed E-state index contributed by atoms with van der Waals surface area (Å²) in [6.45, 7) is 1.66. The Morgan fingerprint density at radius 2 is 2.30 bits per heavy atom. The van der Waals surface area contributed by atoms with Crippen LogP contribution in [0.4, 0.5) is 5.69 Å². The summed E-state index contributed by atoms with van der Waals surface area (Å²) >= 11 is 1.19. The Morgan fingerprint density at radius 1 is 1.50 bits per heavy atom. The lowest BCUT2D eigenvalue weighted by Gasteiger charge is -2.00. The van der Waals surface area contributed by atoms with Gasteiger partial charge in [-0.15, -0.1) is 11.3 Å². The average Bonchev–Trinajstić information content (AvgIpc) is 2.95. The number of aromatic nitrogens is 1. The van der Waals surface area contributed by atoms with Gasteiger partial charge in [0.05, 0.1) is 20.9 Å². The Labute approximate surface area is 118 Å². The molecule has 7 nitrogen and oxygen atoms in total. The van der Waals surface area contributed by atoms with E-state index in [0.29, 0.717) is 10.6 Å². The smallest absolute Gasteiger partial charge is 0.266 e. The van der Waals surface area contributed by atoms with Crippen molar-refractivity contribution < 1.29 is 9.72 Å². The first-order chi connectivity index (χ1) is 9.58. The van der Waals surface area contributed by atoms with Crippen LogP contribution in [0.3, 0.4) is 0 Å². The molecule has 20 heavy (non-hydrogen) atoms. The van der Waals surface area contributed by atoms with Crippen LogP contribution in [0.5, 0.6) is 0 Å². The van der Waals surface area contributed by atoms with E-state index in [1.165, 1.54) is 29.0 Å². The van der Waals surface area contributed by atoms with Crippen molar-refractivity contribution in [1.82, 2.24) is 10.4 Å². The number of hydrogen-bond acceptors (Lipinski definition) is 6. The zero-order chi connectivity index (χ0) is 14.5. The van der Waals surface area contributed by atoms with Crippen LogP contribution in [0.2, 0.25) is 0 Å². The van der Waals surface area contributed by atoms with E-state index in [1.807, 2.05) is 0 Å². The molecule has 2 rings (SSSR count). The third-order valence-corrected chi connectivity index (χ3v) is 3.40. The van der Waals surface area contributed by atoms with Gasteiger partial charge in [-0.25, -0.2) is 5.43 Å². The molecule has 0 fully saturated rings. The molecule has 0 aromatic carbocycles. The lowest BCUT2D eigenvalue weighted by atomic mass is 10.3. The van der Waals surface area contributed by atoms with Crippen LogP contribution in [0.15, 0.2) is 40.9 Å². The Hall–Kier alpha value is -2.61. The first kappa shape index (κ1) is 13.8. The van der Waals surface area contributed by atoms with Crippen molar-refractivity contribution >= 4 is 28.6 Å². The molecule has 102 valence electrons. The zero-order valence-electron chi connectivity index (χ0n) is 10.4. The van der Waals surface area contributed by atoms with Crippen LogP contribution in [0.25, 0.3) is 0 Å². The Morgan fingerprint density at radius 3 is 2.90 bits per heavy atom. The third-order valence-electron chi connectivity index (χ3n) is 2.38. The standard InChI is InChI=1S/C12H10N4O3S/c1-8(11-6-9(7-20-11)16(18)19)14-15-12(17)10-4-2-3-5-13-10/h2-7H,1H3,(H,15,17)/b14-8-. The van der Waals surface area contributed by atoms with Crippen molar-refractivity contribution in [2.24, 2.45) is 5.10 Å². The fourth-order valence-electron chi connectivity index (χ4n) is 1.36. The predicted octanol–water partition coefficient (Wildman–Crippen LogP) is 2.21. The highest BCUT2D eigenvalue weighted by molar-refractivity contribution is 7.12. The predicted molar refractivity (Wildman–Crippen MR) is 74.9 cm³/mol. The molecule has 0 unspecified atom stereocenters. The van der Waals surface area contributed by atoms with Gasteiger partial charge in [0.25, 0.3) is 11.6 Å². The number of thiophene rings is 1. The largest absolute Gasteiger partial charge is 0.289 e. The maximum atomic E-state index is 11.7. The lowest BCUT2D eigenvalue weighted by molar-refractivity contribution is -0.384. The Balaban J connectivity index is 2.07. The summed E-state index contributed by atoms with van der Waals surface area (Å²) in [7, 11) is 0. The van der Waals surface area contributed by atoms with Crippen molar-refractivity contribution in [2.45, 2.75) is 6.92 Å². The third kappa shape index (κ3) is 3.23. The minimum atomic E-state index is -0.472. The number of nitrogens with one attached hydrogen (secondary N) is 1. The van der Waals surface area contributed by atoms with E-state index in [0.717, 1.165) is 0 Å². The molecule has 0 saturated heterocycles. The van der Waals surface area contributed by atoms with E-state index in [4.69, 9.17) is 0 Å². The highest BCUT2D eigenvalue weighted by Gasteiger charge is 2.11. The van der Waals surface area contributed by atoms with E-state index in [1.54, 1.807) is 25.1 Å². The number of rotatable bonds is 4. The summed E-state index contributed by atoms with van der Waals surface area (Å²) in [5.41, 5.74) is 3.11. The van der Waals surface area contributed by atoms with Crippen molar-refractivity contribution in [3.8, 4) is 0 Å². The lowest BCUT2D eigenvalue weighted by Crippen LogP contribution is -2.20. The van der Waals surface area contributed by atoms with Gasteiger partial charge in [-0.1, -0.05) is 6.07 Å². The fraction of sp³-hybridized carbons (Fsp3) is 0.0833. The van der Waals surface area contributed by atoms with Crippen molar-refractivity contribution in [3.63, 3.8) is 0 Å². The Kier molecular flexibility index (Phi) is 4.16. The molecular weight excluding hydrogens is 280 g/mol. The molecule has 1 amide bonds. The number of carbonyl (C=O) groups is 1. The Bertz CT molecular complexity index is 666. The minimum Gasteiger partial charge on any atom is -0.266 e. The molecule has 0 radical (unpaired) electrons. The molecule has 0 aliphatic heterocycles. The number of hydrogen-bond donors (Lipinski definition) is 1. The second kappa shape index (κ2) is 6.02. The molecule has 0 spiro atoms. The number of amides is 1. The number of hydrazone groups is 1. The summed E-state index contributed by atoms with van der Waals surface area (Å²) in [5.74, 6) is -0.434. The van der Waals surface area contributed by atoms with Gasteiger partial charge in [-0.05, 0) is 19.1 Å². The monoisotopic (exact) mass is 290 g/mol. The molecule has 0 atom stereocenters. The number of nitrogens with zero attached hydrogens (tertiary/aromatic N) is 3. The average molecular weight is 290 g/mol. The molecule has 2 aromatic heterocycles. The normalized spacial score (nSPS) is 11.2. The molecule has 1 N–H and O–H groups in total. The van der Waals surface area contributed by atoms with Crippen LogP contribution in [-0.2, 0) is 0 Å². The highest BCUT2D eigenvalue weighted by Crippen LogP contribution is 2.21. The number of carbonyl (C=O) groups excluding carboxylic acids is 1. The molecular formula is C12H10N4O3S.